The predicted octanol–water partition coefficient (Wildman–Crippen LogP) is 11.5. The van der Waals surface area contributed by atoms with Crippen LogP contribution in [0, 0.1) is 17.3 Å². The first-order valence-corrected chi connectivity index (χ1v) is 22.8. The van der Waals surface area contributed by atoms with E-state index in [-0.39, 0.29) is 37.8 Å². The molecule has 0 spiro atoms. The quantitative estimate of drug-likeness (QED) is 0.0401. The van der Waals surface area contributed by atoms with Gasteiger partial charge in [0.05, 0.1) is 5.41 Å². The van der Waals surface area contributed by atoms with E-state index < -0.39 is 29.4 Å². The molecule has 3 unspecified atom stereocenters. The minimum atomic E-state index is -0.870. The van der Waals surface area contributed by atoms with E-state index in [4.69, 9.17) is 19.7 Å². The number of aliphatic carboxylic acids is 3. The van der Waals surface area contributed by atoms with Gasteiger partial charge in [-0.15, -0.1) is 0 Å². The molecule has 0 saturated heterocycles. The van der Waals surface area contributed by atoms with Crippen LogP contribution in [0.25, 0.3) is 0 Å². The molecular formula is C46H87NO10. The summed E-state index contributed by atoms with van der Waals surface area (Å²) in [5, 5.41) is 27.2. The van der Waals surface area contributed by atoms with Crippen molar-refractivity contribution in [1.82, 2.24) is 4.90 Å². The number of rotatable bonds is 38. The average molecular weight is 814 g/mol. The molecule has 336 valence electrons. The molecule has 0 radical (unpaired) electrons. The molecule has 0 aliphatic heterocycles. The molecule has 0 saturated carbocycles. The van der Waals surface area contributed by atoms with Crippen LogP contribution in [0.5, 0.6) is 0 Å². The fraction of sp³-hybridized carbons (Fsp3) is 0.891. The van der Waals surface area contributed by atoms with Gasteiger partial charge in [-0.3, -0.25) is 24.0 Å². The Kier molecular flexibility index (Phi) is 37.2. The second kappa shape index (κ2) is 37.6. The molecule has 0 fully saturated rings. The zero-order chi connectivity index (χ0) is 43.3. The van der Waals surface area contributed by atoms with Crippen molar-refractivity contribution in [3.63, 3.8) is 0 Å². The van der Waals surface area contributed by atoms with E-state index in [0.717, 1.165) is 70.8 Å². The van der Waals surface area contributed by atoms with Gasteiger partial charge in [-0.2, -0.15) is 0 Å². The molecule has 0 bridgehead atoms. The second-order valence-electron chi connectivity index (χ2n) is 16.8. The average Bonchev–Trinajstić information content (AvgIpc) is 3.15. The highest BCUT2D eigenvalue weighted by Crippen LogP contribution is 2.44. The first-order chi connectivity index (χ1) is 27.2. The third kappa shape index (κ3) is 35.0. The maximum atomic E-state index is 13.3. The fourth-order valence-corrected chi connectivity index (χ4v) is 7.50. The third-order valence-electron chi connectivity index (χ3n) is 10.8. The topological polar surface area (TPSA) is 168 Å². The van der Waals surface area contributed by atoms with Gasteiger partial charge in [0.1, 0.15) is 12.7 Å². The lowest BCUT2D eigenvalue weighted by atomic mass is 9.67. The van der Waals surface area contributed by atoms with Crippen molar-refractivity contribution in [2.45, 2.75) is 221 Å². The SMILES string of the molecule is CCCCCCC(CCCC)CC(CCCC(=O)OCC(C)OC(=O)CCCCN(C)C)(CC(CCCC)CCCCCC)C(=O)O.O=C(O)CCCCC(=O)O. The van der Waals surface area contributed by atoms with Crippen molar-refractivity contribution in [2.24, 2.45) is 17.3 Å². The van der Waals surface area contributed by atoms with E-state index in [9.17, 15) is 29.1 Å². The van der Waals surface area contributed by atoms with Gasteiger partial charge in [0.15, 0.2) is 0 Å². The summed E-state index contributed by atoms with van der Waals surface area (Å²) in [7, 11) is 4.02. The number of carboxylic acid groups (broad SMARTS) is 3. The molecule has 0 aliphatic carbocycles. The molecule has 0 aliphatic rings. The lowest BCUT2D eigenvalue weighted by molar-refractivity contribution is -0.158. The number of carboxylic acids is 3. The summed E-state index contributed by atoms with van der Waals surface area (Å²) in [5.74, 6) is -2.22. The zero-order valence-corrected chi connectivity index (χ0v) is 37.6. The molecule has 0 amide bonds. The Hall–Kier alpha value is -2.69. The number of nitrogens with zero attached hydrogens (tertiary/aromatic N) is 1. The van der Waals surface area contributed by atoms with Crippen LogP contribution in [0.4, 0.5) is 0 Å². The van der Waals surface area contributed by atoms with Gasteiger partial charge >= 0.3 is 29.8 Å². The Bertz CT molecular complexity index is 991. The first kappa shape index (κ1) is 56.4. The summed E-state index contributed by atoms with van der Waals surface area (Å²) in [6, 6.07) is 0. The highest BCUT2D eigenvalue weighted by Gasteiger charge is 2.41. The van der Waals surface area contributed by atoms with Crippen LogP contribution in [-0.2, 0) is 33.4 Å². The summed E-state index contributed by atoms with van der Waals surface area (Å²) in [4.78, 5) is 60.2. The molecule has 0 aromatic heterocycles. The Labute approximate surface area is 347 Å². The zero-order valence-electron chi connectivity index (χ0n) is 37.6. The van der Waals surface area contributed by atoms with Crippen molar-refractivity contribution in [3.8, 4) is 0 Å². The van der Waals surface area contributed by atoms with Crippen molar-refractivity contribution in [3.05, 3.63) is 0 Å². The number of carbonyl (C=O) groups is 5. The van der Waals surface area contributed by atoms with Gasteiger partial charge < -0.3 is 29.7 Å². The van der Waals surface area contributed by atoms with Gasteiger partial charge in [0.2, 0.25) is 0 Å². The largest absolute Gasteiger partial charge is 0.481 e. The van der Waals surface area contributed by atoms with E-state index in [2.05, 4.69) is 32.6 Å². The van der Waals surface area contributed by atoms with Crippen molar-refractivity contribution >= 4 is 29.8 Å². The normalized spacial score (nSPS) is 13.8. The van der Waals surface area contributed by atoms with Crippen LogP contribution in [0.15, 0.2) is 0 Å². The molecular weight excluding hydrogens is 727 g/mol. The smallest absolute Gasteiger partial charge is 0.309 e. The lowest BCUT2D eigenvalue weighted by Crippen LogP contribution is -2.36. The summed E-state index contributed by atoms with van der Waals surface area (Å²) >= 11 is 0. The van der Waals surface area contributed by atoms with Crippen molar-refractivity contribution in [1.29, 1.82) is 0 Å². The highest BCUT2D eigenvalue weighted by molar-refractivity contribution is 5.75. The summed E-state index contributed by atoms with van der Waals surface area (Å²) in [6.45, 7) is 11.6. The highest BCUT2D eigenvalue weighted by atomic mass is 16.6. The van der Waals surface area contributed by atoms with Crippen molar-refractivity contribution in [2.75, 3.05) is 27.2 Å². The molecule has 0 aromatic rings. The van der Waals surface area contributed by atoms with Crippen LogP contribution >= 0.6 is 0 Å². The van der Waals surface area contributed by atoms with Gasteiger partial charge in [0.25, 0.3) is 0 Å². The Morgan fingerprint density at radius 2 is 0.982 bits per heavy atom. The van der Waals surface area contributed by atoms with Crippen molar-refractivity contribution < 1.29 is 48.8 Å². The fourth-order valence-electron chi connectivity index (χ4n) is 7.50. The standard InChI is InChI=1S/C40H77NO6.C6H10O4/c1-8-12-16-18-25-35(23-14-10-3)31-40(39(44)45,32-36(24-15-11-4)26-19-17-13-9-2)29-22-28-37(42)46-33-34(5)47-38(43)27-20-21-30-41(6)7;7-5(8)3-1-2-4-6(9)10/h34-36H,8-33H2,1-7H3,(H,44,45);1-4H2,(H,7,8)(H,9,10). The third-order valence-corrected chi connectivity index (χ3v) is 10.8. The molecule has 0 heterocycles. The number of hydrogen-bond donors (Lipinski definition) is 3. The second-order valence-corrected chi connectivity index (χ2v) is 16.8. The van der Waals surface area contributed by atoms with Crippen LogP contribution in [0.1, 0.15) is 214 Å². The molecule has 3 N–H and O–H groups in total. The van der Waals surface area contributed by atoms with Crippen LogP contribution < -0.4 is 0 Å². The van der Waals surface area contributed by atoms with Crippen LogP contribution in [0.2, 0.25) is 0 Å². The molecule has 11 nitrogen and oxygen atoms in total. The Morgan fingerprint density at radius 3 is 1.40 bits per heavy atom. The number of ether oxygens (including phenoxy) is 2. The molecule has 0 rings (SSSR count). The Morgan fingerprint density at radius 1 is 0.544 bits per heavy atom. The maximum absolute atomic E-state index is 13.3. The number of carbonyl (C=O) groups excluding carboxylic acids is 2. The van der Waals surface area contributed by atoms with E-state index in [1.165, 1.54) is 51.4 Å². The van der Waals surface area contributed by atoms with E-state index in [1.807, 2.05) is 14.1 Å². The number of hydrogen-bond acceptors (Lipinski definition) is 8. The van der Waals surface area contributed by atoms with Crippen LogP contribution in [0.3, 0.4) is 0 Å². The number of unbranched alkanes of at least 4 members (excludes halogenated alkanes) is 10. The molecule has 57 heavy (non-hydrogen) atoms. The maximum Gasteiger partial charge on any atom is 0.309 e. The first-order valence-electron chi connectivity index (χ1n) is 22.8. The van der Waals surface area contributed by atoms with Gasteiger partial charge in [0, 0.05) is 25.7 Å². The van der Waals surface area contributed by atoms with E-state index in [1.54, 1.807) is 6.92 Å². The minimum Gasteiger partial charge on any atom is -0.481 e. The lowest BCUT2D eigenvalue weighted by Gasteiger charge is -2.37. The Balaban J connectivity index is 0. The van der Waals surface area contributed by atoms with Gasteiger partial charge in [-0.25, -0.2) is 0 Å². The minimum absolute atomic E-state index is 0.0278. The monoisotopic (exact) mass is 814 g/mol. The molecule has 11 heteroatoms. The van der Waals surface area contributed by atoms with Gasteiger partial charge in [-0.05, 0) is 90.8 Å². The predicted molar refractivity (Wildman–Crippen MR) is 229 cm³/mol. The summed E-state index contributed by atoms with van der Waals surface area (Å²) in [5.41, 5.74) is -0.817. The summed E-state index contributed by atoms with van der Waals surface area (Å²) < 4.78 is 10.9. The van der Waals surface area contributed by atoms with Gasteiger partial charge in [-0.1, -0.05) is 130 Å². The van der Waals surface area contributed by atoms with E-state index >= 15 is 0 Å². The molecule has 0 aromatic carbocycles. The number of esters is 2. The van der Waals surface area contributed by atoms with E-state index in [0.29, 0.717) is 56.8 Å². The molecule has 3 atom stereocenters. The summed E-state index contributed by atoms with van der Waals surface area (Å²) in [6.07, 6.45) is 23.7. The van der Waals surface area contributed by atoms with Crippen LogP contribution in [-0.4, -0.2) is 83.4 Å².